The minimum atomic E-state index is 0.264. The molecule has 0 fully saturated rings. The highest BCUT2D eigenvalue weighted by Crippen LogP contribution is 2.30. The molecule has 0 aliphatic heterocycles. The first-order valence-electron chi connectivity index (χ1n) is 10.0. The first-order valence-corrected chi connectivity index (χ1v) is 11.0. The van der Waals surface area contributed by atoms with Crippen molar-refractivity contribution in [1.82, 2.24) is 14.8 Å². The minimum absolute atomic E-state index is 0.264. The molecule has 0 aliphatic carbocycles. The highest BCUT2D eigenvalue weighted by molar-refractivity contribution is 7.98. The lowest BCUT2D eigenvalue weighted by Crippen LogP contribution is -2.05. The van der Waals surface area contributed by atoms with Crippen LogP contribution in [-0.4, -0.2) is 21.9 Å². The van der Waals surface area contributed by atoms with Gasteiger partial charge < -0.3 is 4.74 Å². The van der Waals surface area contributed by atoms with Gasteiger partial charge in [0, 0.05) is 17.4 Å². The molecule has 4 rings (SSSR count). The summed E-state index contributed by atoms with van der Waals surface area (Å²) in [5.41, 5.74) is 4.77. The number of nitrogens with zero attached hydrogens (tertiary/aromatic N) is 3. The molecule has 4 nitrogen and oxygen atoms in total. The summed E-state index contributed by atoms with van der Waals surface area (Å²) in [7, 11) is 1.67. The maximum Gasteiger partial charge on any atom is 0.192 e. The highest BCUT2D eigenvalue weighted by atomic mass is 32.2. The van der Waals surface area contributed by atoms with Crippen molar-refractivity contribution in [1.29, 1.82) is 0 Å². The molecule has 4 aromatic rings. The van der Waals surface area contributed by atoms with Crippen molar-refractivity contribution in [3.05, 3.63) is 84.4 Å². The van der Waals surface area contributed by atoms with E-state index in [1.165, 1.54) is 16.7 Å². The fraction of sp³-hybridized carbons (Fsp3) is 0.200. The van der Waals surface area contributed by atoms with Crippen molar-refractivity contribution < 1.29 is 4.74 Å². The SMILES string of the molecule is COc1ccc(-c2nnc(SCc3ccc(-c4ccccc4)cc3)n2C(C)C)cc1. The van der Waals surface area contributed by atoms with E-state index in [9.17, 15) is 0 Å². The molecule has 30 heavy (non-hydrogen) atoms. The Balaban J connectivity index is 1.51. The lowest BCUT2D eigenvalue weighted by atomic mass is 10.0. The number of benzene rings is 3. The molecule has 0 bridgehead atoms. The first-order chi connectivity index (χ1) is 14.7. The third-order valence-electron chi connectivity index (χ3n) is 4.96. The molecule has 1 aromatic heterocycles. The Hall–Kier alpha value is -3.05. The van der Waals surface area contributed by atoms with Crippen LogP contribution in [0.5, 0.6) is 5.75 Å². The largest absolute Gasteiger partial charge is 0.497 e. The molecular formula is C25H25N3OS. The lowest BCUT2D eigenvalue weighted by Gasteiger charge is -2.14. The Morgan fingerprint density at radius 3 is 2.07 bits per heavy atom. The molecule has 1 heterocycles. The second-order valence-corrected chi connectivity index (χ2v) is 8.29. The fourth-order valence-electron chi connectivity index (χ4n) is 3.35. The Morgan fingerprint density at radius 2 is 1.43 bits per heavy atom. The molecule has 3 aromatic carbocycles. The monoisotopic (exact) mass is 415 g/mol. The summed E-state index contributed by atoms with van der Waals surface area (Å²) in [6, 6.07) is 27.4. The van der Waals surface area contributed by atoms with Crippen LogP contribution in [0.1, 0.15) is 25.5 Å². The Morgan fingerprint density at radius 1 is 0.800 bits per heavy atom. The van der Waals surface area contributed by atoms with Gasteiger partial charge in [-0.05, 0) is 54.8 Å². The third-order valence-corrected chi connectivity index (χ3v) is 5.97. The van der Waals surface area contributed by atoms with Gasteiger partial charge in [-0.25, -0.2) is 0 Å². The number of hydrogen-bond acceptors (Lipinski definition) is 4. The molecule has 5 heteroatoms. The van der Waals surface area contributed by atoms with Crippen molar-refractivity contribution in [2.75, 3.05) is 7.11 Å². The van der Waals surface area contributed by atoms with E-state index >= 15 is 0 Å². The van der Waals surface area contributed by atoms with E-state index < -0.39 is 0 Å². The summed E-state index contributed by atoms with van der Waals surface area (Å²) in [5.74, 6) is 2.57. The zero-order chi connectivity index (χ0) is 20.9. The number of methoxy groups -OCH3 is 1. The van der Waals surface area contributed by atoms with Crippen LogP contribution in [0.3, 0.4) is 0 Å². The van der Waals surface area contributed by atoms with Crippen molar-refractivity contribution in [3.8, 4) is 28.3 Å². The lowest BCUT2D eigenvalue weighted by molar-refractivity contribution is 0.415. The van der Waals surface area contributed by atoms with Crippen LogP contribution in [0.2, 0.25) is 0 Å². The second kappa shape index (κ2) is 9.18. The van der Waals surface area contributed by atoms with Crippen LogP contribution in [0.25, 0.3) is 22.5 Å². The maximum absolute atomic E-state index is 5.27. The van der Waals surface area contributed by atoms with Gasteiger partial charge in [0.15, 0.2) is 11.0 Å². The van der Waals surface area contributed by atoms with Gasteiger partial charge in [-0.1, -0.05) is 66.4 Å². The van der Waals surface area contributed by atoms with E-state index in [0.717, 1.165) is 28.0 Å². The zero-order valence-electron chi connectivity index (χ0n) is 17.4. The maximum atomic E-state index is 5.27. The Bertz CT molecular complexity index is 1090. The molecule has 152 valence electrons. The molecule has 0 amide bonds. The van der Waals surface area contributed by atoms with E-state index in [1.54, 1.807) is 18.9 Å². The summed E-state index contributed by atoms with van der Waals surface area (Å²) in [6.07, 6.45) is 0. The standard InChI is InChI=1S/C25H25N3OS/c1-18(2)28-24(22-13-15-23(29-3)16-14-22)26-27-25(28)30-17-19-9-11-21(12-10-19)20-7-5-4-6-8-20/h4-16,18H,17H2,1-3H3. The smallest absolute Gasteiger partial charge is 0.192 e. The average molecular weight is 416 g/mol. The number of aromatic nitrogens is 3. The number of rotatable bonds is 7. The molecule has 0 saturated carbocycles. The van der Waals surface area contributed by atoms with Gasteiger partial charge in [0.05, 0.1) is 7.11 Å². The fourth-order valence-corrected chi connectivity index (χ4v) is 4.37. The van der Waals surface area contributed by atoms with E-state index in [2.05, 4.69) is 77.1 Å². The van der Waals surface area contributed by atoms with Gasteiger partial charge in [0.1, 0.15) is 5.75 Å². The molecule has 0 spiro atoms. The van der Waals surface area contributed by atoms with Gasteiger partial charge in [-0.2, -0.15) is 0 Å². The molecular weight excluding hydrogens is 390 g/mol. The van der Waals surface area contributed by atoms with Gasteiger partial charge in [-0.15, -0.1) is 10.2 Å². The highest BCUT2D eigenvalue weighted by Gasteiger charge is 2.17. The van der Waals surface area contributed by atoms with Crippen molar-refractivity contribution in [3.63, 3.8) is 0 Å². The molecule has 0 radical (unpaired) electrons. The molecule has 0 aliphatic rings. The Kier molecular flexibility index (Phi) is 6.19. The van der Waals surface area contributed by atoms with Crippen molar-refractivity contribution in [2.24, 2.45) is 0 Å². The summed E-state index contributed by atoms with van der Waals surface area (Å²) >= 11 is 1.72. The Labute approximate surface area is 181 Å². The van der Waals surface area contributed by atoms with Gasteiger partial charge >= 0.3 is 0 Å². The average Bonchev–Trinajstić information content (AvgIpc) is 3.23. The van der Waals surface area contributed by atoms with E-state index in [1.807, 2.05) is 30.3 Å². The summed E-state index contributed by atoms with van der Waals surface area (Å²) in [6.45, 7) is 4.32. The number of ether oxygens (including phenoxy) is 1. The third kappa shape index (κ3) is 4.41. The van der Waals surface area contributed by atoms with Gasteiger partial charge in [-0.3, -0.25) is 4.57 Å². The molecule has 0 saturated heterocycles. The summed E-state index contributed by atoms with van der Waals surface area (Å²) < 4.78 is 7.46. The predicted octanol–water partition coefficient (Wildman–Crippen LogP) is 6.49. The van der Waals surface area contributed by atoms with Crippen LogP contribution in [0, 0.1) is 0 Å². The predicted molar refractivity (Wildman–Crippen MR) is 124 cm³/mol. The minimum Gasteiger partial charge on any atom is -0.497 e. The first kappa shape index (κ1) is 20.2. The van der Waals surface area contributed by atoms with Crippen LogP contribution >= 0.6 is 11.8 Å². The normalized spacial score (nSPS) is 11.1. The molecule has 0 N–H and O–H groups in total. The van der Waals surface area contributed by atoms with E-state index in [0.29, 0.717) is 0 Å². The second-order valence-electron chi connectivity index (χ2n) is 7.35. The molecule has 0 atom stereocenters. The van der Waals surface area contributed by atoms with Crippen molar-refractivity contribution in [2.45, 2.75) is 30.8 Å². The number of hydrogen-bond donors (Lipinski definition) is 0. The van der Waals surface area contributed by atoms with Crippen LogP contribution in [-0.2, 0) is 5.75 Å². The number of thioether (sulfide) groups is 1. The zero-order valence-corrected chi connectivity index (χ0v) is 18.3. The van der Waals surface area contributed by atoms with Crippen LogP contribution in [0.15, 0.2) is 84.0 Å². The van der Waals surface area contributed by atoms with Crippen LogP contribution < -0.4 is 4.74 Å². The molecule has 0 unspecified atom stereocenters. The summed E-state index contributed by atoms with van der Waals surface area (Å²) in [4.78, 5) is 0. The quantitative estimate of drug-likeness (QED) is 0.323. The topological polar surface area (TPSA) is 39.9 Å². The van der Waals surface area contributed by atoms with E-state index in [-0.39, 0.29) is 6.04 Å². The van der Waals surface area contributed by atoms with Gasteiger partial charge in [0.2, 0.25) is 0 Å². The summed E-state index contributed by atoms with van der Waals surface area (Å²) in [5, 5.41) is 9.90. The van der Waals surface area contributed by atoms with E-state index in [4.69, 9.17) is 4.74 Å². The van der Waals surface area contributed by atoms with Crippen molar-refractivity contribution >= 4 is 11.8 Å². The van der Waals surface area contributed by atoms with Gasteiger partial charge in [0.25, 0.3) is 0 Å². The van der Waals surface area contributed by atoms with Crippen LogP contribution in [0.4, 0.5) is 0 Å².